The van der Waals surface area contributed by atoms with Gasteiger partial charge < -0.3 is 61.7 Å². The standard InChI is InChI=1S/4C11H21N2OSi2.C7H8.6Li.O/c4*1-15(2,3)12-11(13-16(4,5)6)10-7-8-14-9-10;1-7-5-3-2-4-6-7;;;;;;;/h4*7-9H,1-6H3;2-6H,1H3;;;;;;;/q4*-1;;6*+1;-2/p+3. The summed E-state index contributed by atoms with van der Waals surface area (Å²) in [5.41, 5.74) is 5.51. The minimum absolute atomic E-state index is 0. The van der Waals surface area contributed by atoms with Crippen molar-refractivity contribution in [1.29, 1.82) is 0 Å². The number of nitrogens with one attached hydrogen (secondary N) is 3. The molecular formula is C51H95Li6N8O5Si8+3. The fourth-order valence-corrected chi connectivity index (χ4v) is 12.8. The summed E-state index contributed by atoms with van der Waals surface area (Å²) in [6.07, 6.45) is 13.8. The van der Waals surface area contributed by atoms with Gasteiger partial charge in [0.15, 0.2) is 24.7 Å². The maximum Gasteiger partial charge on any atom is 1.00 e. The molecule has 3 N–H and O–H groups in total. The van der Waals surface area contributed by atoms with Gasteiger partial charge in [0, 0.05) is 22.0 Å². The molecule has 0 aliphatic heterocycles. The third kappa shape index (κ3) is 50.1. The van der Waals surface area contributed by atoms with Crippen LogP contribution in [0.5, 0.6) is 0 Å². The van der Waals surface area contributed by atoms with Gasteiger partial charge in [0.05, 0.1) is 48.0 Å². The maximum atomic E-state index is 5.13. The van der Waals surface area contributed by atoms with Gasteiger partial charge in [0.2, 0.25) is 0 Å². The summed E-state index contributed by atoms with van der Waals surface area (Å²) in [5, 5.41) is 0. The molecule has 5 rings (SSSR count). The van der Waals surface area contributed by atoms with Crippen LogP contribution in [0.4, 0.5) is 0 Å². The molecule has 0 atom stereocenters. The van der Waals surface area contributed by atoms with Crippen molar-refractivity contribution >= 4 is 89.2 Å². The summed E-state index contributed by atoms with van der Waals surface area (Å²) >= 11 is 0. The average molecular weight is 1170 g/mol. The number of rotatable bonds is 12. The van der Waals surface area contributed by atoms with Gasteiger partial charge in [-0.2, -0.15) is 0 Å². The third-order valence-corrected chi connectivity index (χ3v) is 15.2. The second-order valence-corrected chi connectivity index (χ2v) is 62.7. The molecule has 0 unspecified atom stereocenters. The average Bonchev–Trinajstić information content (AvgIpc) is 4.00. The first-order chi connectivity index (χ1) is 32.1. The van der Waals surface area contributed by atoms with E-state index in [0.29, 0.717) is 0 Å². The topological polar surface area (TPSA) is 192 Å². The van der Waals surface area contributed by atoms with Crippen LogP contribution in [0, 0.1) is 6.92 Å². The minimum atomic E-state index is -1.50. The van der Waals surface area contributed by atoms with E-state index >= 15 is 0 Å². The van der Waals surface area contributed by atoms with E-state index in [9.17, 15) is 0 Å². The predicted molar refractivity (Wildman–Crippen MR) is 329 cm³/mol. The summed E-state index contributed by atoms with van der Waals surface area (Å²) in [6, 6.07) is 18.1. The summed E-state index contributed by atoms with van der Waals surface area (Å²) < 4.78 is 36.1. The molecule has 4 aromatic heterocycles. The molecule has 0 fully saturated rings. The Morgan fingerprint density at radius 3 is 0.769 bits per heavy atom. The second-order valence-electron chi connectivity index (χ2n) is 25.6. The van der Waals surface area contributed by atoms with Gasteiger partial charge in [0.1, 0.15) is 61.0 Å². The smallest absolute Gasteiger partial charge is 1.00 e. The Kier molecular flexibility index (Phi) is 47.6. The largest absolute Gasteiger partial charge is 2.00 e. The van der Waals surface area contributed by atoms with Crippen LogP contribution < -0.4 is 127 Å². The maximum absolute atomic E-state index is 5.13. The molecule has 4 heterocycles. The van der Waals surface area contributed by atoms with Gasteiger partial charge in [-0.05, 0) is 90.1 Å². The van der Waals surface area contributed by atoms with Crippen LogP contribution in [0.3, 0.4) is 0 Å². The van der Waals surface area contributed by atoms with E-state index < -0.39 is 65.9 Å². The summed E-state index contributed by atoms with van der Waals surface area (Å²) in [6.45, 7) is 55.9. The Hall–Kier alpha value is -0.501. The van der Waals surface area contributed by atoms with Gasteiger partial charge >= 0.3 is 113 Å². The molecule has 0 amide bonds. The Bertz CT molecular complexity index is 2070. The monoisotopic (exact) mass is 1170 g/mol. The van der Waals surface area contributed by atoms with E-state index in [2.05, 4.69) is 190 Å². The normalized spacial score (nSPS) is 12.3. The molecular weight excluding hydrogens is 1070 g/mol. The number of amidine groups is 4. The number of hydrogen-bond acceptors (Lipinski definition) is 5. The third-order valence-electron chi connectivity index (χ3n) is 7.81. The van der Waals surface area contributed by atoms with Crippen molar-refractivity contribution in [2.45, 2.75) is 164 Å². The van der Waals surface area contributed by atoms with Crippen LogP contribution in [0.15, 0.2) is 127 Å². The van der Waals surface area contributed by atoms with Crippen molar-refractivity contribution in [3.8, 4) is 0 Å². The predicted octanol–water partition coefficient (Wildman–Crippen LogP) is -5.58. The molecule has 0 spiro atoms. The molecule has 404 valence electrons. The number of aryl methyl sites for hydroxylation is 1. The van der Waals surface area contributed by atoms with Crippen LogP contribution >= 0.6 is 0 Å². The molecule has 27 heteroatoms. The quantitative estimate of drug-likeness (QED) is 0.0639. The summed E-state index contributed by atoms with van der Waals surface area (Å²) in [5.74, 6) is 3.90. The fraction of sp³-hybridized carbons (Fsp3) is 0.490. The Labute approximate surface area is 554 Å². The van der Waals surface area contributed by atoms with E-state index in [4.69, 9.17) is 42.3 Å². The van der Waals surface area contributed by atoms with Crippen LogP contribution in [0.25, 0.3) is 19.9 Å². The number of hydrogen-bond donors (Lipinski definition) is 3. The van der Waals surface area contributed by atoms with Crippen molar-refractivity contribution in [1.82, 2.24) is 0 Å². The van der Waals surface area contributed by atoms with Crippen LogP contribution in [-0.4, -0.2) is 89.2 Å². The van der Waals surface area contributed by atoms with Crippen molar-refractivity contribution in [2.24, 2.45) is 4.66 Å². The SMILES string of the molecule is C[Si](C)(C)/N=C(/[N-][Si](C)(C)C)c1ccoc1.C[Si](C)(C)[N-]/C(=[NH+]/[Si](C)(C)C)c1ccoc1.C[Si](C)(C)[N-]/C(=[NH+]/[Si](C)(C)C)c1ccoc1.C[Si](C)(C)[N-]/C(=[NH+]/[Si](C)(C)C)c1ccoc1.Cc1ccccc1.[Li+].[Li+].[Li+].[Li+].[Li+].[Li+].[O-2]. The Balaban J connectivity index is -0.000000161. The first-order valence-corrected chi connectivity index (χ1v) is 52.4. The molecule has 13 nitrogen and oxygen atoms in total. The Morgan fingerprint density at radius 2 is 0.603 bits per heavy atom. The van der Waals surface area contributed by atoms with E-state index in [1.54, 1.807) is 50.1 Å². The van der Waals surface area contributed by atoms with Crippen LogP contribution in [0.1, 0.15) is 27.8 Å². The fourth-order valence-electron chi connectivity index (χ4n) is 5.48. The van der Waals surface area contributed by atoms with E-state index in [1.807, 2.05) is 42.5 Å². The van der Waals surface area contributed by atoms with Crippen molar-refractivity contribution in [3.05, 3.63) is 152 Å². The van der Waals surface area contributed by atoms with Crippen molar-refractivity contribution in [3.63, 3.8) is 0 Å². The second kappa shape index (κ2) is 40.7. The van der Waals surface area contributed by atoms with Gasteiger partial charge in [-0.15, -0.1) is 0 Å². The zero-order valence-corrected chi connectivity index (χ0v) is 63.1. The van der Waals surface area contributed by atoms with E-state index in [1.165, 1.54) is 5.56 Å². The van der Waals surface area contributed by atoms with Gasteiger partial charge in [-0.1, -0.05) is 140 Å². The van der Waals surface area contributed by atoms with Crippen molar-refractivity contribution < 1.29 is 150 Å². The summed E-state index contributed by atoms with van der Waals surface area (Å²) in [4.78, 5) is 19.4. The zero-order chi connectivity index (χ0) is 54.7. The number of benzene rings is 1. The van der Waals surface area contributed by atoms with E-state index in [0.717, 1.165) is 45.6 Å². The van der Waals surface area contributed by atoms with Crippen LogP contribution in [-0.2, 0) is 5.48 Å². The summed E-state index contributed by atoms with van der Waals surface area (Å²) in [7, 11) is -11.5. The minimum Gasteiger partial charge on any atom is -2.00 e. The molecule has 0 aliphatic rings. The molecule has 5 aromatic rings. The number of nitrogens with zero attached hydrogens (tertiary/aromatic N) is 5. The molecule has 0 bridgehead atoms. The molecule has 0 saturated carbocycles. The first kappa shape index (κ1) is 91.3. The zero-order valence-electron chi connectivity index (χ0n) is 55.1. The molecule has 0 aliphatic carbocycles. The van der Waals surface area contributed by atoms with Gasteiger partial charge in [0.25, 0.3) is 0 Å². The molecule has 0 radical (unpaired) electrons. The molecule has 78 heavy (non-hydrogen) atoms. The molecule has 0 saturated heterocycles. The first-order valence-electron chi connectivity index (χ1n) is 24.7. The van der Waals surface area contributed by atoms with Gasteiger partial charge in [-0.3, -0.25) is 0 Å². The van der Waals surface area contributed by atoms with E-state index in [-0.39, 0.29) is 119 Å². The van der Waals surface area contributed by atoms with Crippen LogP contribution in [0.2, 0.25) is 157 Å². The number of furan rings is 4. The Morgan fingerprint density at radius 1 is 0.359 bits per heavy atom. The van der Waals surface area contributed by atoms with Crippen molar-refractivity contribution in [2.75, 3.05) is 0 Å². The van der Waals surface area contributed by atoms with Gasteiger partial charge in [-0.25, -0.2) is 0 Å². The molecule has 1 aromatic carbocycles.